The lowest BCUT2D eigenvalue weighted by atomic mass is 9.97. The summed E-state index contributed by atoms with van der Waals surface area (Å²) in [4.78, 5) is 15.1. The monoisotopic (exact) mass is 344 g/mol. The second-order valence-corrected chi connectivity index (χ2v) is 8.21. The van der Waals surface area contributed by atoms with Crippen LogP contribution in [0.4, 0.5) is 4.79 Å². The third kappa shape index (κ3) is 5.78. The van der Waals surface area contributed by atoms with Gasteiger partial charge in [-0.25, -0.2) is 4.79 Å². The van der Waals surface area contributed by atoms with Crippen molar-refractivity contribution in [1.29, 1.82) is 0 Å². The molecule has 1 N–H and O–H groups in total. The first-order valence-corrected chi connectivity index (χ1v) is 9.01. The average molecular weight is 345 g/mol. The van der Waals surface area contributed by atoms with Gasteiger partial charge < -0.3 is 15.0 Å². The van der Waals surface area contributed by atoms with Gasteiger partial charge in [-0.3, -0.25) is 0 Å². The lowest BCUT2D eigenvalue weighted by Crippen LogP contribution is -2.43. The normalized spacial score (nSPS) is 16.8. The minimum Gasteiger partial charge on any atom is -0.444 e. The van der Waals surface area contributed by atoms with Gasteiger partial charge >= 0.3 is 6.09 Å². The molecule has 0 unspecified atom stereocenters. The first-order chi connectivity index (χ1) is 10.3. The molecule has 0 radical (unpaired) electrons. The molecule has 1 aliphatic heterocycles. The summed E-state index contributed by atoms with van der Waals surface area (Å²) >= 11 is 7.59. The zero-order valence-electron chi connectivity index (χ0n) is 13.5. The number of halogens is 1. The Bertz CT molecular complexity index is 491. The standard InChI is InChI=1S/C16H25ClN2O2S/c1-16(2,3)21-15(20)19-6-4-12(5-7-19)9-18-10-14-8-13(17)11-22-14/h8,11-12,18H,4-7,9-10H2,1-3H3. The number of carbonyl (C=O) groups excluding carboxylic acids is 1. The maximum Gasteiger partial charge on any atom is 0.410 e. The predicted octanol–water partition coefficient (Wildman–Crippen LogP) is 4.14. The molecule has 4 nitrogen and oxygen atoms in total. The van der Waals surface area contributed by atoms with Crippen LogP contribution in [0.2, 0.25) is 5.02 Å². The summed E-state index contributed by atoms with van der Waals surface area (Å²) in [5, 5.41) is 6.25. The van der Waals surface area contributed by atoms with E-state index in [1.165, 1.54) is 4.88 Å². The van der Waals surface area contributed by atoms with Gasteiger partial charge in [-0.2, -0.15) is 0 Å². The Morgan fingerprint density at radius 2 is 2.14 bits per heavy atom. The van der Waals surface area contributed by atoms with Gasteiger partial charge in [0.15, 0.2) is 0 Å². The van der Waals surface area contributed by atoms with Crippen LogP contribution >= 0.6 is 22.9 Å². The lowest BCUT2D eigenvalue weighted by Gasteiger charge is -2.33. The highest BCUT2D eigenvalue weighted by atomic mass is 35.5. The number of thiophene rings is 1. The van der Waals surface area contributed by atoms with Gasteiger partial charge in [0, 0.05) is 29.9 Å². The predicted molar refractivity (Wildman–Crippen MR) is 91.6 cm³/mol. The van der Waals surface area contributed by atoms with Crippen molar-refractivity contribution in [3.05, 3.63) is 21.3 Å². The summed E-state index contributed by atoms with van der Waals surface area (Å²) in [7, 11) is 0. The molecule has 0 aliphatic carbocycles. The molecule has 124 valence electrons. The number of nitrogens with zero attached hydrogens (tertiary/aromatic N) is 1. The maximum absolute atomic E-state index is 12.0. The van der Waals surface area contributed by atoms with Crippen molar-refractivity contribution in [2.24, 2.45) is 5.92 Å². The SMILES string of the molecule is CC(C)(C)OC(=O)N1CCC(CNCc2cc(Cl)cs2)CC1. The van der Waals surface area contributed by atoms with E-state index < -0.39 is 5.60 Å². The highest BCUT2D eigenvalue weighted by Crippen LogP contribution is 2.21. The zero-order chi connectivity index (χ0) is 16.2. The fourth-order valence-corrected chi connectivity index (χ4v) is 3.53. The second-order valence-electron chi connectivity index (χ2n) is 6.77. The Hall–Kier alpha value is -0.780. The third-order valence-electron chi connectivity index (χ3n) is 3.62. The highest BCUT2D eigenvalue weighted by molar-refractivity contribution is 7.10. The van der Waals surface area contributed by atoms with E-state index in [2.05, 4.69) is 5.32 Å². The number of piperidine rings is 1. The molecule has 2 heterocycles. The van der Waals surface area contributed by atoms with Gasteiger partial charge in [0.05, 0.1) is 5.02 Å². The van der Waals surface area contributed by atoms with Gasteiger partial charge in [-0.05, 0) is 52.1 Å². The summed E-state index contributed by atoms with van der Waals surface area (Å²) in [5.41, 5.74) is -0.419. The number of nitrogens with one attached hydrogen (secondary N) is 1. The molecule has 0 atom stereocenters. The first-order valence-electron chi connectivity index (χ1n) is 7.75. The van der Waals surface area contributed by atoms with Crippen molar-refractivity contribution in [2.75, 3.05) is 19.6 Å². The fourth-order valence-electron chi connectivity index (χ4n) is 2.49. The lowest BCUT2D eigenvalue weighted by molar-refractivity contribution is 0.0184. The number of carbonyl (C=O) groups is 1. The van der Waals surface area contributed by atoms with E-state index in [1.807, 2.05) is 37.1 Å². The summed E-state index contributed by atoms with van der Waals surface area (Å²) in [6.45, 7) is 9.12. The molecular formula is C16H25ClN2O2S. The number of hydrogen-bond donors (Lipinski definition) is 1. The van der Waals surface area contributed by atoms with E-state index in [0.29, 0.717) is 5.92 Å². The molecule has 1 aromatic rings. The summed E-state index contributed by atoms with van der Waals surface area (Å²) in [5.74, 6) is 0.620. The maximum atomic E-state index is 12.0. The molecule has 0 bridgehead atoms. The van der Waals surface area contributed by atoms with Gasteiger partial charge in [0.25, 0.3) is 0 Å². The van der Waals surface area contributed by atoms with E-state index in [1.54, 1.807) is 11.3 Å². The molecule has 1 aliphatic rings. The first kappa shape index (κ1) is 17.6. The van der Waals surface area contributed by atoms with Crippen LogP contribution in [0.15, 0.2) is 11.4 Å². The van der Waals surface area contributed by atoms with Crippen molar-refractivity contribution in [1.82, 2.24) is 10.2 Å². The molecule has 0 aromatic carbocycles. The zero-order valence-corrected chi connectivity index (χ0v) is 15.1. The Labute approximate surface area is 141 Å². The molecule has 0 saturated carbocycles. The molecule has 1 fully saturated rings. The van der Waals surface area contributed by atoms with E-state index in [4.69, 9.17) is 16.3 Å². The molecule has 22 heavy (non-hydrogen) atoms. The van der Waals surface area contributed by atoms with Crippen molar-refractivity contribution in [2.45, 2.75) is 45.8 Å². The summed E-state index contributed by atoms with van der Waals surface area (Å²) in [6, 6.07) is 2.00. The highest BCUT2D eigenvalue weighted by Gasteiger charge is 2.26. The molecule has 2 rings (SSSR count). The Kier molecular flexibility index (Phi) is 6.12. The smallest absolute Gasteiger partial charge is 0.410 e. The molecule has 6 heteroatoms. The van der Waals surface area contributed by atoms with Gasteiger partial charge in [-0.15, -0.1) is 11.3 Å². The Morgan fingerprint density at radius 1 is 1.45 bits per heavy atom. The van der Waals surface area contributed by atoms with Gasteiger partial charge in [-0.1, -0.05) is 11.6 Å². The van der Waals surface area contributed by atoms with Crippen molar-refractivity contribution < 1.29 is 9.53 Å². The van der Waals surface area contributed by atoms with Crippen LogP contribution in [0.5, 0.6) is 0 Å². The Morgan fingerprint density at radius 3 is 2.68 bits per heavy atom. The number of likely N-dealkylation sites (tertiary alicyclic amines) is 1. The van der Waals surface area contributed by atoms with Crippen molar-refractivity contribution >= 4 is 29.0 Å². The summed E-state index contributed by atoms with van der Waals surface area (Å²) in [6.07, 6.45) is 1.86. The van der Waals surface area contributed by atoms with E-state index in [9.17, 15) is 4.79 Å². The topological polar surface area (TPSA) is 41.6 Å². The minimum atomic E-state index is -0.419. The van der Waals surface area contributed by atoms with E-state index in [-0.39, 0.29) is 6.09 Å². The second kappa shape index (κ2) is 7.66. The largest absolute Gasteiger partial charge is 0.444 e. The average Bonchev–Trinajstić information content (AvgIpc) is 2.83. The van der Waals surface area contributed by atoms with Crippen LogP contribution in [-0.2, 0) is 11.3 Å². The number of ether oxygens (including phenoxy) is 1. The van der Waals surface area contributed by atoms with Crippen LogP contribution in [-0.4, -0.2) is 36.2 Å². The van der Waals surface area contributed by atoms with Crippen LogP contribution in [0.3, 0.4) is 0 Å². The quantitative estimate of drug-likeness (QED) is 0.892. The van der Waals surface area contributed by atoms with Gasteiger partial charge in [0.1, 0.15) is 5.60 Å². The number of amides is 1. The molecule has 1 aromatic heterocycles. The van der Waals surface area contributed by atoms with Crippen LogP contribution in [0.1, 0.15) is 38.5 Å². The van der Waals surface area contributed by atoms with Gasteiger partial charge in [0.2, 0.25) is 0 Å². The van der Waals surface area contributed by atoms with Crippen LogP contribution < -0.4 is 5.32 Å². The molecule has 1 amide bonds. The van der Waals surface area contributed by atoms with Crippen LogP contribution in [0.25, 0.3) is 0 Å². The molecule has 0 spiro atoms. The Balaban J connectivity index is 1.65. The third-order valence-corrected chi connectivity index (χ3v) is 4.90. The number of hydrogen-bond acceptors (Lipinski definition) is 4. The van der Waals surface area contributed by atoms with Crippen molar-refractivity contribution in [3.8, 4) is 0 Å². The van der Waals surface area contributed by atoms with Crippen molar-refractivity contribution in [3.63, 3.8) is 0 Å². The fraction of sp³-hybridized carbons (Fsp3) is 0.688. The minimum absolute atomic E-state index is 0.188. The molecule has 1 saturated heterocycles. The molecular weight excluding hydrogens is 320 g/mol. The van der Waals surface area contributed by atoms with E-state index in [0.717, 1.165) is 44.0 Å². The summed E-state index contributed by atoms with van der Waals surface area (Å²) < 4.78 is 5.41. The number of rotatable bonds is 4. The van der Waals surface area contributed by atoms with Crippen LogP contribution in [0, 0.1) is 5.92 Å². The van der Waals surface area contributed by atoms with E-state index >= 15 is 0 Å².